The van der Waals surface area contributed by atoms with Crippen LogP contribution in [-0.2, 0) is 14.6 Å². The van der Waals surface area contributed by atoms with Crippen molar-refractivity contribution in [2.75, 3.05) is 18.1 Å². The van der Waals surface area contributed by atoms with Crippen molar-refractivity contribution in [1.82, 2.24) is 5.32 Å². The number of sulfone groups is 1. The molecule has 1 amide bonds. The summed E-state index contributed by atoms with van der Waals surface area (Å²) in [7, 11) is -3.08. The lowest BCUT2D eigenvalue weighted by Gasteiger charge is -2.23. The zero-order valence-corrected chi connectivity index (χ0v) is 14.8. The van der Waals surface area contributed by atoms with Crippen LogP contribution in [0.4, 0.5) is 0 Å². The molecule has 1 aromatic rings. The first-order valence-electron chi connectivity index (χ1n) is 8.00. The molecule has 1 fully saturated rings. The highest BCUT2D eigenvalue weighted by molar-refractivity contribution is 7.91. The Labute approximate surface area is 142 Å². The van der Waals surface area contributed by atoms with Gasteiger partial charge in [-0.1, -0.05) is 0 Å². The lowest BCUT2D eigenvalue weighted by atomic mass is 10.0. The number of carbonyl (C=O) groups is 2. The molecule has 0 spiro atoms. The van der Waals surface area contributed by atoms with Gasteiger partial charge in [-0.15, -0.1) is 0 Å². The Morgan fingerprint density at radius 2 is 1.88 bits per heavy atom. The summed E-state index contributed by atoms with van der Waals surface area (Å²) in [4.78, 5) is 24.1. The van der Waals surface area contributed by atoms with E-state index in [4.69, 9.17) is 4.74 Å². The van der Waals surface area contributed by atoms with Crippen molar-refractivity contribution in [2.24, 2.45) is 0 Å². The Hall–Kier alpha value is -1.89. The maximum atomic E-state index is 12.1. The lowest BCUT2D eigenvalue weighted by Crippen LogP contribution is -2.46. The van der Waals surface area contributed by atoms with E-state index in [2.05, 4.69) is 5.32 Å². The standard InChI is InChI=1S/C17H23NO5S/c1-3-23-14-6-4-13(5-7-14)15(19)8-9-16(20)18-17(2)10-11-24(21,22)12-17/h4-7H,3,8-12H2,1-2H3,(H,18,20). The minimum Gasteiger partial charge on any atom is -0.494 e. The van der Waals surface area contributed by atoms with Crippen LogP contribution in [0, 0.1) is 0 Å². The molecule has 0 radical (unpaired) electrons. The zero-order chi connectivity index (χ0) is 17.8. The smallest absolute Gasteiger partial charge is 0.220 e. The molecule has 0 aliphatic carbocycles. The molecule has 6 nitrogen and oxygen atoms in total. The summed E-state index contributed by atoms with van der Waals surface area (Å²) >= 11 is 0. The quantitative estimate of drug-likeness (QED) is 0.754. The lowest BCUT2D eigenvalue weighted by molar-refractivity contribution is -0.122. The molecule has 1 aliphatic rings. The Bertz CT molecular complexity index is 711. The average molecular weight is 353 g/mol. The van der Waals surface area contributed by atoms with Crippen molar-refractivity contribution in [3.05, 3.63) is 29.8 Å². The number of rotatable bonds is 7. The number of Topliss-reactive ketones (excluding diaryl/α,β-unsaturated/α-hetero) is 1. The predicted molar refractivity (Wildman–Crippen MR) is 91.0 cm³/mol. The van der Waals surface area contributed by atoms with Crippen molar-refractivity contribution in [3.8, 4) is 5.75 Å². The Balaban J connectivity index is 1.84. The first-order chi connectivity index (χ1) is 11.2. The van der Waals surface area contributed by atoms with Crippen molar-refractivity contribution in [3.63, 3.8) is 0 Å². The topological polar surface area (TPSA) is 89.5 Å². The van der Waals surface area contributed by atoms with Gasteiger partial charge in [-0.2, -0.15) is 0 Å². The third-order valence-electron chi connectivity index (χ3n) is 4.01. The van der Waals surface area contributed by atoms with Gasteiger partial charge in [0.1, 0.15) is 5.75 Å². The van der Waals surface area contributed by atoms with Crippen molar-refractivity contribution >= 4 is 21.5 Å². The summed E-state index contributed by atoms with van der Waals surface area (Å²) in [6, 6.07) is 6.80. The molecule has 132 valence electrons. The SMILES string of the molecule is CCOc1ccc(C(=O)CCC(=O)NC2(C)CCS(=O)(=O)C2)cc1. The number of ether oxygens (including phenoxy) is 1. The van der Waals surface area contributed by atoms with E-state index in [1.165, 1.54) is 0 Å². The molecule has 1 heterocycles. The summed E-state index contributed by atoms with van der Waals surface area (Å²) in [5.41, 5.74) is -0.195. The van der Waals surface area contributed by atoms with Crippen LogP contribution in [0.2, 0.25) is 0 Å². The van der Waals surface area contributed by atoms with E-state index >= 15 is 0 Å². The molecular formula is C17H23NO5S. The second-order valence-electron chi connectivity index (χ2n) is 6.33. The van der Waals surface area contributed by atoms with Crippen molar-refractivity contribution in [2.45, 2.75) is 38.6 Å². The maximum absolute atomic E-state index is 12.1. The van der Waals surface area contributed by atoms with Gasteiger partial charge in [0.25, 0.3) is 0 Å². The van der Waals surface area contributed by atoms with Crippen LogP contribution in [0.25, 0.3) is 0 Å². The first-order valence-corrected chi connectivity index (χ1v) is 9.83. The summed E-state index contributed by atoms with van der Waals surface area (Å²) in [5, 5.41) is 2.75. The van der Waals surface area contributed by atoms with Gasteiger partial charge in [0, 0.05) is 18.4 Å². The molecular weight excluding hydrogens is 330 g/mol. The number of amides is 1. The fourth-order valence-electron chi connectivity index (χ4n) is 2.78. The summed E-state index contributed by atoms with van der Waals surface area (Å²) in [5.74, 6) is 0.321. The van der Waals surface area contributed by atoms with E-state index in [0.717, 1.165) is 0 Å². The van der Waals surface area contributed by atoms with E-state index in [9.17, 15) is 18.0 Å². The van der Waals surface area contributed by atoms with E-state index in [1.807, 2.05) is 6.92 Å². The summed E-state index contributed by atoms with van der Waals surface area (Å²) < 4.78 is 28.4. The predicted octanol–water partition coefficient (Wildman–Crippen LogP) is 1.74. The molecule has 1 N–H and O–H groups in total. The number of hydrogen-bond donors (Lipinski definition) is 1. The highest BCUT2D eigenvalue weighted by atomic mass is 32.2. The molecule has 2 rings (SSSR count). The second kappa shape index (κ2) is 7.34. The van der Waals surface area contributed by atoms with E-state index in [0.29, 0.717) is 24.3 Å². The molecule has 24 heavy (non-hydrogen) atoms. The van der Waals surface area contributed by atoms with Crippen LogP contribution in [0.15, 0.2) is 24.3 Å². The third kappa shape index (κ3) is 5.06. The van der Waals surface area contributed by atoms with Crippen molar-refractivity contribution in [1.29, 1.82) is 0 Å². The van der Waals surface area contributed by atoms with Gasteiger partial charge in [0.15, 0.2) is 15.6 Å². The Morgan fingerprint density at radius 3 is 2.42 bits per heavy atom. The highest BCUT2D eigenvalue weighted by Crippen LogP contribution is 2.23. The molecule has 0 bridgehead atoms. The fourth-order valence-corrected chi connectivity index (χ4v) is 4.88. The van der Waals surface area contributed by atoms with Crippen molar-refractivity contribution < 1.29 is 22.7 Å². The van der Waals surface area contributed by atoms with E-state index in [1.54, 1.807) is 31.2 Å². The number of benzene rings is 1. The molecule has 1 aromatic carbocycles. The molecule has 1 aliphatic heterocycles. The molecule has 0 aromatic heterocycles. The van der Waals surface area contributed by atoms with E-state index in [-0.39, 0.29) is 36.0 Å². The molecule has 1 atom stereocenters. The van der Waals surface area contributed by atoms with Crippen LogP contribution in [0.1, 0.15) is 43.5 Å². The monoisotopic (exact) mass is 353 g/mol. The Kier molecular flexibility index (Phi) is 5.64. The number of ketones is 1. The maximum Gasteiger partial charge on any atom is 0.220 e. The van der Waals surface area contributed by atoms with Gasteiger partial charge in [0.05, 0.1) is 23.7 Å². The largest absolute Gasteiger partial charge is 0.494 e. The molecule has 1 saturated heterocycles. The van der Waals surface area contributed by atoms with Gasteiger partial charge in [-0.3, -0.25) is 9.59 Å². The third-order valence-corrected chi connectivity index (χ3v) is 5.91. The van der Waals surface area contributed by atoms with Gasteiger partial charge < -0.3 is 10.1 Å². The van der Waals surface area contributed by atoms with Crippen LogP contribution >= 0.6 is 0 Å². The van der Waals surface area contributed by atoms with Gasteiger partial charge in [0.2, 0.25) is 5.91 Å². The highest BCUT2D eigenvalue weighted by Gasteiger charge is 2.39. The summed E-state index contributed by atoms with van der Waals surface area (Å²) in [6.07, 6.45) is 0.540. The second-order valence-corrected chi connectivity index (χ2v) is 8.52. The first kappa shape index (κ1) is 18.4. The van der Waals surface area contributed by atoms with Crippen LogP contribution in [0.5, 0.6) is 5.75 Å². The Morgan fingerprint density at radius 1 is 1.21 bits per heavy atom. The summed E-state index contributed by atoms with van der Waals surface area (Å²) in [6.45, 7) is 4.17. The number of nitrogens with one attached hydrogen (secondary N) is 1. The number of hydrogen-bond acceptors (Lipinski definition) is 5. The number of carbonyl (C=O) groups excluding carboxylic acids is 2. The van der Waals surface area contributed by atoms with Crippen LogP contribution < -0.4 is 10.1 Å². The average Bonchev–Trinajstić information content (AvgIpc) is 2.79. The van der Waals surface area contributed by atoms with Crippen LogP contribution in [-0.4, -0.2) is 43.8 Å². The van der Waals surface area contributed by atoms with Gasteiger partial charge in [-0.05, 0) is 44.5 Å². The van der Waals surface area contributed by atoms with Crippen LogP contribution in [0.3, 0.4) is 0 Å². The molecule has 0 saturated carbocycles. The van der Waals surface area contributed by atoms with Gasteiger partial charge >= 0.3 is 0 Å². The van der Waals surface area contributed by atoms with Gasteiger partial charge in [-0.25, -0.2) is 8.42 Å². The minimum absolute atomic E-state index is 0.0431. The molecule has 7 heteroatoms. The zero-order valence-electron chi connectivity index (χ0n) is 14.0. The molecule has 1 unspecified atom stereocenters. The minimum atomic E-state index is -3.08. The normalized spacial score (nSPS) is 22.1. The van der Waals surface area contributed by atoms with E-state index < -0.39 is 15.4 Å². The fraction of sp³-hybridized carbons (Fsp3) is 0.529.